The van der Waals surface area contributed by atoms with Crippen LogP contribution in [0.25, 0.3) is 0 Å². The molecule has 32 heavy (non-hydrogen) atoms. The van der Waals surface area contributed by atoms with E-state index >= 15 is 0 Å². The van der Waals surface area contributed by atoms with Gasteiger partial charge in [0.15, 0.2) is 11.6 Å². The highest BCUT2D eigenvalue weighted by Crippen LogP contribution is 2.46. The van der Waals surface area contributed by atoms with E-state index in [0.717, 1.165) is 49.7 Å². The Bertz CT molecular complexity index is 930. The summed E-state index contributed by atoms with van der Waals surface area (Å²) in [5, 5.41) is 1.22. The van der Waals surface area contributed by atoms with Crippen molar-refractivity contribution in [3.8, 4) is 0 Å². The summed E-state index contributed by atoms with van der Waals surface area (Å²) in [4.78, 5) is 25.8. The lowest BCUT2D eigenvalue weighted by Gasteiger charge is -2.41. The minimum absolute atomic E-state index is 0.129. The van der Waals surface area contributed by atoms with Crippen LogP contribution in [0.15, 0.2) is 48.5 Å². The molecule has 2 aliphatic rings. The Kier molecular flexibility index (Phi) is 7.24. The predicted molar refractivity (Wildman–Crippen MR) is 125 cm³/mol. The zero-order valence-corrected chi connectivity index (χ0v) is 20.1. The molecule has 0 aromatic heterocycles. The summed E-state index contributed by atoms with van der Waals surface area (Å²) in [7, 11) is -2.98. The predicted octanol–water partition coefficient (Wildman–Crippen LogP) is 6.10. The Morgan fingerprint density at radius 3 is 1.34 bits per heavy atom. The third-order valence-electron chi connectivity index (χ3n) is 6.92. The number of benzene rings is 2. The Hall–Kier alpha value is -1.49. The first-order valence-corrected chi connectivity index (χ1v) is 12.7. The normalized spacial score (nSPS) is 18.6. The third kappa shape index (κ3) is 4.60. The average molecular weight is 495 g/mol. The van der Waals surface area contributed by atoms with Crippen LogP contribution in [0.2, 0.25) is 10.0 Å². The number of hydrogen-bond acceptors (Lipinski definition) is 5. The Labute approximate surface area is 198 Å². The summed E-state index contributed by atoms with van der Waals surface area (Å²) >= 11 is 11.9. The zero-order valence-electron chi connectivity index (χ0n) is 17.6. The molecule has 4 rings (SSSR count). The van der Waals surface area contributed by atoms with Crippen molar-refractivity contribution in [1.29, 1.82) is 0 Å². The molecule has 0 radical (unpaired) electrons. The van der Waals surface area contributed by atoms with Crippen LogP contribution in [-0.2, 0) is 34.0 Å². The quantitative estimate of drug-likeness (QED) is 0.373. The Morgan fingerprint density at radius 1 is 0.719 bits per heavy atom. The highest BCUT2D eigenvalue weighted by atomic mass is 35.5. The third-order valence-corrected chi connectivity index (χ3v) is 8.18. The van der Waals surface area contributed by atoms with Gasteiger partial charge in [0.25, 0.3) is 0 Å². The molecular weight excluding hydrogens is 470 g/mol. The molecular formula is C24H25Cl2O5P. The molecule has 2 aromatic rings. The summed E-state index contributed by atoms with van der Waals surface area (Å²) in [5.41, 5.74) is 0.556. The van der Waals surface area contributed by atoms with Gasteiger partial charge in [-0.2, -0.15) is 0 Å². The Balaban J connectivity index is 1.31. The lowest BCUT2D eigenvalue weighted by Crippen LogP contribution is -2.44. The summed E-state index contributed by atoms with van der Waals surface area (Å²) < 4.78 is 22.8. The van der Waals surface area contributed by atoms with Gasteiger partial charge in [-0.15, -0.1) is 0 Å². The van der Waals surface area contributed by atoms with E-state index < -0.39 is 19.1 Å². The van der Waals surface area contributed by atoms with Crippen molar-refractivity contribution in [2.45, 2.75) is 49.4 Å². The van der Waals surface area contributed by atoms with E-state index in [4.69, 9.17) is 32.2 Å². The number of halogens is 2. The molecule has 2 fully saturated rings. The molecule has 0 amide bonds. The van der Waals surface area contributed by atoms with E-state index in [0.29, 0.717) is 10.0 Å². The summed E-state index contributed by atoms with van der Waals surface area (Å²) in [6.45, 7) is -0.617. The van der Waals surface area contributed by atoms with Crippen LogP contribution >= 0.6 is 31.5 Å². The van der Waals surface area contributed by atoms with Gasteiger partial charge in [0.1, 0.15) is 13.2 Å². The zero-order chi connectivity index (χ0) is 22.8. The molecule has 8 heteroatoms. The van der Waals surface area contributed by atoms with Crippen LogP contribution in [-0.4, -0.2) is 24.8 Å². The molecule has 0 aliphatic heterocycles. The molecule has 0 saturated heterocycles. The van der Waals surface area contributed by atoms with Crippen molar-refractivity contribution in [1.82, 2.24) is 0 Å². The van der Waals surface area contributed by atoms with E-state index in [1.54, 1.807) is 24.3 Å². The minimum atomic E-state index is -2.98. The van der Waals surface area contributed by atoms with Crippen LogP contribution < -0.4 is 0 Å². The van der Waals surface area contributed by atoms with Crippen molar-refractivity contribution < 1.29 is 23.2 Å². The van der Waals surface area contributed by atoms with Crippen LogP contribution in [0.3, 0.4) is 0 Å². The number of ketones is 2. The Morgan fingerprint density at radius 2 is 1.06 bits per heavy atom. The molecule has 0 heterocycles. The maximum Gasteiger partial charge on any atom is 0.319 e. The van der Waals surface area contributed by atoms with Crippen LogP contribution in [0, 0.1) is 0 Å². The second kappa shape index (κ2) is 9.79. The van der Waals surface area contributed by atoms with Gasteiger partial charge in [0.05, 0.1) is 10.8 Å². The standard InChI is InChI=1S/C24H25Cl2O5P/c25-19-7-3-17(4-8-19)23(11-1-12-23)21(27)15-30-32(29)31-16-22(28)24(13-2-14-24)18-5-9-20(26)10-6-18/h3-10,32H,1-2,11-16H2. The molecule has 0 atom stereocenters. The van der Waals surface area contributed by atoms with Gasteiger partial charge < -0.3 is 9.05 Å². The molecule has 0 unspecified atom stereocenters. The first kappa shape index (κ1) is 23.7. The summed E-state index contributed by atoms with van der Waals surface area (Å²) in [6, 6.07) is 14.5. The van der Waals surface area contributed by atoms with Crippen LogP contribution in [0.5, 0.6) is 0 Å². The summed E-state index contributed by atoms with van der Waals surface area (Å²) in [5.74, 6) is -0.257. The average Bonchev–Trinajstić information content (AvgIpc) is 2.72. The van der Waals surface area contributed by atoms with E-state index in [2.05, 4.69) is 0 Å². The smallest absolute Gasteiger partial charge is 0.303 e. The van der Waals surface area contributed by atoms with Gasteiger partial charge in [0, 0.05) is 10.0 Å². The lowest BCUT2D eigenvalue weighted by molar-refractivity contribution is -0.130. The SMILES string of the molecule is O=C(CO[PH](=O)OCC(=O)C1(c2ccc(Cl)cc2)CCC1)C1(c2ccc(Cl)cc2)CCC1. The summed E-state index contributed by atoms with van der Waals surface area (Å²) in [6.07, 6.45) is 4.78. The number of carbonyl (C=O) groups excluding carboxylic acids is 2. The molecule has 0 spiro atoms. The van der Waals surface area contributed by atoms with Gasteiger partial charge in [-0.25, -0.2) is 0 Å². The minimum Gasteiger partial charge on any atom is -0.303 e. The largest absolute Gasteiger partial charge is 0.319 e. The number of hydrogen-bond donors (Lipinski definition) is 0. The van der Waals surface area contributed by atoms with E-state index in [9.17, 15) is 14.2 Å². The fraction of sp³-hybridized carbons (Fsp3) is 0.417. The first-order valence-electron chi connectivity index (χ1n) is 10.7. The second-order valence-corrected chi connectivity index (χ2v) is 10.5. The molecule has 2 aliphatic carbocycles. The lowest BCUT2D eigenvalue weighted by atomic mass is 9.62. The maximum atomic E-state index is 12.9. The molecule has 0 N–H and O–H groups in total. The maximum absolute atomic E-state index is 12.9. The van der Waals surface area contributed by atoms with Gasteiger partial charge in [0.2, 0.25) is 0 Å². The number of Topliss-reactive ketones (excluding diaryl/α,β-unsaturated/α-hetero) is 2. The molecule has 2 saturated carbocycles. The van der Waals surface area contributed by atoms with E-state index in [1.807, 2.05) is 24.3 Å². The van der Waals surface area contributed by atoms with Crippen molar-refractivity contribution in [3.63, 3.8) is 0 Å². The van der Waals surface area contributed by atoms with Crippen molar-refractivity contribution in [3.05, 3.63) is 69.7 Å². The van der Waals surface area contributed by atoms with Gasteiger partial charge in [-0.05, 0) is 61.1 Å². The second-order valence-electron chi connectivity index (χ2n) is 8.56. The van der Waals surface area contributed by atoms with Crippen LogP contribution in [0.4, 0.5) is 0 Å². The number of carbonyl (C=O) groups is 2. The monoisotopic (exact) mass is 494 g/mol. The van der Waals surface area contributed by atoms with Gasteiger partial charge in [-0.3, -0.25) is 14.2 Å². The fourth-order valence-electron chi connectivity index (χ4n) is 4.62. The van der Waals surface area contributed by atoms with Gasteiger partial charge in [-0.1, -0.05) is 60.3 Å². The van der Waals surface area contributed by atoms with Crippen molar-refractivity contribution in [2.24, 2.45) is 0 Å². The van der Waals surface area contributed by atoms with Crippen molar-refractivity contribution >= 4 is 43.0 Å². The fourth-order valence-corrected chi connectivity index (χ4v) is 5.46. The molecule has 170 valence electrons. The highest BCUT2D eigenvalue weighted by molar-refractivity contribution is 7.33. The first-order chi connectivity index (χ1) is 15.4. The topological polar surface area (TPSA) is 69.7 Å². The highest BCUT2D eigenvalue weighted by Gasteiger charge is 2.46. The molecule has 0 bridgehead atoms. The van der Waals surface area contributed by atoms with E-state index in [1.165, 1.54) is 0 Å². The molecule has 2 aromatic carbocycles. The van der Waals surface area contributed by atoms with Gasteiger partial charge >= 0.3 is 8.25 Å². The van der Waals surface area contributed by atoms with Crippen molar-refractivity contribution in [2.75, 3.05) is 13.2 Å². The molecule has 5 nitrogen and oxygen atoms in total. The number of rotatable bonds is 10. The van der Waals surface area contributed by atoms with E-state index in [-0.39, 0.29) is 24.8 Å². The van der Waals surface area contributed by atoms with Crippen LogP contribution in [0.1, 0.15) is 49.7 Å².